The van der Waals surface area contributed by atoms with Crippen LogP contribution in [0.15, 0.2) is 36.4 Å². The van der Waals surface area contributed by atoms with E-state index in [9.17, 15) is 0 Å². The minimum atomic E-state index is 0.803. The largest absolute Gasteiger partial charge is 0.355 e. The monoisotopic (exact) mass is 341 g/mol. The topological polar surface area (TPSA) is 15.8 Å². The van der Waals surface area contributed by atoms with Crippen molar-refractivity contribution < 1.29 is 0 Å². The van der Waals surface area contributed by atoms with E-state index in [1.807, 2.05) is 6.07 Å². The van der Waals surface area contributed by atoms with Crippen molar-refractivity contribution in [1.82, 2.24) is 4.98 Å². The number of aryl methyl sites for hydroxylation is 1. The van der Waals surface area contributed by atoms with E-state index in [2.05, 4.69) is 42.2 Å². The zero-order valence-corrected chi connectivity index (χ0v) is 15.5. The number of aromatic nitrogens is 1. The molecule has 0 bridgehead atoms. The zero-order valence-electron chi connectivity index (χ0n) is 14.7. The minimum absolute atomic E-state index is 0.803. The molecule has 0 radical (unpaired) electrons. The Morgan fingerprint density at radius 2 is 1.38 bits per heavy atom. The summed E-state index contributed by atoms with van der Waals surface area (Å²) < 4.78 is 0. The van der Waals surface area contributed by atoms with Crippen LogP contribution in [0.3, 0.4) is 0 Å². The maximum absolute atomic E-state index is 6.17. The number of nitrogens with one attached hydrogen (secondary N) is 1. The molecule has 0 aliphatic heterocycles. The molecule has 128 valence electrons. The van der Waals surface area contributed by atoms with Gasteiger partial charge in [0.05, 0.1) is 0 Å². The summed E-state index contributed by atoms with van der Waals surface area (Å²) in [5, 5.41) is 3.33. The van der Waals surface area contributed by atoms with Crippen LogP contribution in [0, 0.1) is 0 Å². The molecule has 0 spiro atoms. The number of H-pyrrole nitrogens is 1. The van der Waals surface area contributed by atoms with Crippen LogP contribution in [0.2, 0.25) is 5.02 Å². The molecule has 0 unspecified atom stereocenters. The van der Waals surface area contributed by atoms with Gasteiger partial charge in [0.2, 0.25) is 0 Å². The Morgan fingerprint density at radius 3 is 2.12 bits per heavy atom. The Bertz CT molecular complexity index is 787. The van der Waals surface area contributed by atoms with Crippen molar-refractivity contribution in [2.45, 2.75) is 64.7 Å². The minimum Gasteiger partial charge on any atom is -0.355 e. The summed E-state index contributed by atoms with van der Waals surface area (Å²) in [5.74, 6) is 0. The molecule has 0 aliphatic rings. The first kappa shape index (κ1) is 17.4. The van der Waals surface area contributed by atoms with Crippen LogP contribution in [0.5, 0.6) is 0 Å². The van der Waals surface area contributed by atoms with Gasteiger partial charge in [0.15, 0.2) is 0 Å². The van der Waals surface area contributed by atoms with Crippen LogP contribution in [0.1, 0.15) is 63.9 Å². The van der Waals surface area contributed by atoms with Gasteiger partial charge in [-0.05, 0) is 48.7 Å². The van der Waals surface area contributed by atoms with Crippen LogP contribution in [-0.4, -0.2) is 4.98 Å². The fraction of sp³-hybridized carbons (Fsp3) is 0.455. The van der Waals surface area contributed by atoms with E-state index in [4.69, 9.17) is 11.6 Å². The molecule has 0 atom stereocenters. The maximum Gasteiger partial charge on any atom is 0.0465 e. The molecule has 0 amide bonds. The van der Waals surface area contributed by atoms with Crippen molar-refractivity contribution >= 4 is 33.4 Å². The number of hydrogen-bond acceptors (Lipinski definition) is 0. The number of unbranched alkanes of at least 4 members (excludes halogenated alkanes) is 7. The quantitative estimate of drug-likeness (QED) is 0.384. The van der Waals surface area contributed by atoms with Crippen molar-refractivity contribution in [2.24, 2.45) is 0 Å². The molecule has 2 aromatic carbocycles. The second-order valence-corrected chi connectivity index (χ2v) is 7.36. The Labute approximate surface area is 150 Å². The van der Waals surface area contributed by atoms with Crippen molar-refractivity contribution in [1.29, 1.82) is 0 Å². The van der Waals surface area contributed by atoms with Crippen LogP contribution >= 0.6 is 11.6 Å². The Morgan fingerprint density at radius 1 is 0.750 bits per heavy atom. The lowest BCUT2D eigenvalue weighted by atomic mass is 10.0. The highest BCUT2D eigenvalue weighted by atomic mass is 35.5. The van der Waals surface area contributed by atoms with Crippen molar-refractivity contribution in [3.8, 4) is 0 Å². The molecule has 1 nitrogen and oxygen atoms in total. The Balaban J connectivity index is 1.56. The van der Waals surface area contributed by atoms with Crippen molar-refractivity contribution in [2.75, 3.05) is 0 Å². The predicted molar refractivity (Wildman–Crippen MR) is 107 cm³/mol. The number of aromatic amines is 1. The lowest BCUT2D eigenvalue weighted by molar-refractivity contribution is 0.575. The van der Waals surface area contributed by atoms with Gasteiger partial charge in [-0.3, -0.25) is 0 Å². The number of rotatable bonds is 9. The molecular weight excluding hydrogens is 314 g/mol. The molecule has 24 heavy (non-hydrogen) atoms. The molecule has 3 aromatic rings. The molecule has 1 heterocycles. The summed E-state index contributed by atoms with van der Waals surface area (Å²) in [6, 6.07) is 12.9. The summed E-state index contributed by atoms with van der Waals surface area (Å²) >= 11 is 6.17. The standard InChI is InChI=1S/C22H28ClN/c1-2-3-4-5-6-7-8-9-10-17-11-13-21-19(15-17)20-16-18(23)12-14-22(20)24-21/h11-16,24H,2-10H2,1H3. The third-order valence-electron chi connectivity index (χ3n) is 4.94. The second kappa shape index (κ2) is 8.58. The normalized spacial score (nSPS) is 11.6. The molecule has 2 heteroatoms. The highest BCUT2D eigenvalue weighted by Crippen LogP contribution is 2.29. The van der Waals surface area contributed by atoms with Gasteiger partial charge in [-0.2, -0.15) is 0 Å². The van der Waals surface area contributed by atoms with Gasteiger partial charge in [-0.25, -0.2) is 0 Å². The molecule has 1 N–H and O–H groups in total. The molecule has 1 aromatic heterocycles. The van der Waals surface area contributed by atoms with Crippen LogP contribution < -0.4 is 0 Å². The molecule has 0 aliphatic carbocycles. The molecule has 0 saturated carbocycles. The molecular formula is C22H28ClN. The first-order valence-corrected chi connectivity index (χ1v) is 9.85. The van der Waals surface area contributed by atoms with E-state index >= 15 is 0 Å². The third-order valence-corrected chi connectivity index (χ3v) is 5.18. The van der Waals surface area contributed by atoms with Gasteiger partial charge in [-0.15, -0.1) is 0 Å². The SMILES string of the molecule is CCCCCCCCCCc1ccc2[nH]c3ccc(Cl)cc3c2c1. The first-order valence-electron chi connectivity index (χ1n) is 9.48. The smallest absolute Gasteiger partial charge is 0.0465 e. The molecule has 0 saturated heterocycles. The van der Waals surface area contributed by atoms with E-state index in [1.54, 1.807) is 0 Å². The van der Waals surface area contributed by atoms with E-state index < -0.39 is 0 Å². The third kappa shape index (κ3) is 4.33. The van der Waals surface area contributed by atoms with Gasteiger partial charge in [0.1, 0.15) is 0 Å². The van der Waals surface area contributed by atoms with Crippen LogP contribution in [-0.2, 0) is 6.42 Å². The molecule has 3 rings (SSSR count). The zero-order chi connectivity index (χ0) is 16.8. The number of benzene rings is 2. The second-order valence-electron chi connectivity index (χ2n) is 6.92. The number of fused-ring (bicyclic) bond motifs is 3. The first-order chi connectivity index (χ1) is 11.8. The van der Waals surface area contributed by atoms with Crippen LogP contribution in [0.4, 0.5) is 0 Å². The average molecular weight is 342 g/mol. The number of halogens is 1. The summed E-state index contributed by atoms with van der Waals surface area (Å²) in [6.07, 6.45) is 12.2. The summed E-state index contributed by atoms with van der Waals surface area (Å²) in [7, 11) is 0. The Hall–Kier alpha value is -1.47. The lowest BCUT2D eigenvalue weighted by Gasteiger charge is -2.03. The highest BCUT2D eigenvalue weighted by molar-refractivity contribution is 6.31. The van der Waals surface area contributed by atoms with Gasteiger partial charge in [0.25, 0.3) is 0 Å². The lowest BCUT2D eigenvalue weighted by Crippen LogP contribution is -1.86. The Kier molecular flexibility index (Phi) is 6.20. The summed E-state index contributed by atoms with van der Waals surface area (Å²) in [4.78, 5) is 3.47. The van der Waals surface area contributed by atoms with Gasteiger partial charge in [0, 0.05) is 26.8 Å². The molecule has 0 fully saturated rings. The van der Waals surface area contributed by atoms with E-state index in [1.165, 1.54) is 85.2 Å². The summed E-state index contributed by atoms with van der Waals surface area (Å²) in [6.45, 7) is 2.28. The van der Waals surface area contributed by atoms with Gasteiger partial charge < -0.3 is 4.98 Å². The van der Waals surface area contributed by atoms with E-state index in [-0.39, 0.29) is 0 Å². The fourth-order valence-corrected chi connectivity index (χ4v) is 3.71. The van der Waals surface area contributed by atoms with E-state index in [0.29, 0.717) is 0 Å². The maximum atomic E-state index is 6.17. The van der Waals surface area contributed by atoms with Crippen molar-refractivity contribution in [3.05, 3.63) is 47.0 Å². The van der Waals surface area contributed by atoms with Gasteiger partial charge >= 0.3 is 0 Å². The predicted octanol–water partition coefficient (Wildman–Crippen LogP) is 7.66. The van der Waals surface area contributed by atoms with Crippen molar-refractivity contribution in [3.63, 3.8) is 0 Å². The summed E-state index contributed by atoms with van der Waals surface area (Å²) in [5.41, 5.74) is 3.81. The highest BCUT2D eigenvalue weighted by Gasteiger charge is 2.06. The number of hydrogen-bond donors (Lipinski definition) is 1. The van der Waals surface area contributed by atoms with Crippen LogP contribution in [0.25, 0.3) is 21.8 Å². The van der Waals surface area contributed by atoms with E-state index in [0.717, 1.165) is 5.02 Å². The van der Waals surface area contributed by atoms with Gasteiger partial charge in [-0.1, -0.05) is 69.5 Å². The average Bonchev–Trinajstić information content (AvgIpc) is 2.94. The fourth-order valence-electron chi connectivity index (χ4n) is 3.54.